The SMILES string of the molecule is Cc1cnn(C(C)c2cccc(Br)c2)c1N. The highest BCUT2D eigenvalue weighted by atomic mass is 79.9. The van der Waals surface area contributed by atoms with Crippen molar-refractivity contribution < 1.29 is 0 Å². The van der Waals surface area contributed by atoms with Crippen LogP contribution in [0.3, 0.4) is 0 Å². The highest BCUT2D eigenvalue weighted by Crippen LogP contribution is 2.24. The van der Waals surface area contributed by atoms with Crippen LogP contribution in [0.1, 0.15) is 24.1 Å². The quantitative estimate of drug-likeness (QED) is 0.918. The molecule has 0 aliphatic heterocycles. The molecule has 2 aromatic rings. The Labute approximate surface area is 103 Å². The lowest BCUT2D eigenvalue weighted by molar-refractivity contribution is 0.573. The minimum Gasteiger partial charge on any atom is -0.384 e. The fraction of sp³-hybridized carbons (Fsp3) is 0.250. The van der Waals surface area contributed by atoms with Crippen LogP contribution in [-0.4, -0.2) is 9.78 Å². The minimum absolute atomic E-state index is 0.145. The van der Waals surface area contributed by atoms with Crippen molar-refractivity contribution in [1.29, 1.82) is 0 Å². The fourth-order valence-electron chi connectivity index (χ4n) is 1.67. The molecule has 4 heteroatoms. The van der Waals surface area contributed by atoms with Crippen LogP contribution in [0.5, 0.6) is 0 Å². The first-order valence-electron chi connectivity index (χ1n) is 5.14. The Morgan fingerprint density at radius 1 is 1.44 bits per heavy atom. The molecule has 1 aromatic carbocycles. The van der Waals surface area contributed by atoms with Gasteiger partial charge in [-0.25, -0.2) is 4.68 Å². The summed E-state index contributed by atoms with van der Waals surface area (Å²) in [6, 6.07) is 8.33. The molecule has 0 aliphatic rings. The molecule has 2 rings (SSSR count). The highest BCUT2D eigenvalue weighted by Gasteiger charge is 2.12. The summed E-state index contributed by atoms with van der Waals surface area (Å²) in [5, 5.41) is 4.30. The molecule has 0 saturated heterocycles. The molecule has 2 N–H and O–H groups in total. The molecular formula is C12H14BrN3. The summed E-state index contributed by atoms with van der Waals surface area (Å²) < 4.78 is 2.91. The zero-order valence-electron chi connectivity index (χ0n) is 9.31. The third kappa shape index (κ3) is 1.97. The first-order chi connectivity index (χ1) is 7.59. The van der Waals surface area contributed by atoms with Gasteiger partial charge >= 0.3 is 0 Å². The van der Waals surface area contributed by atoms with E-state index in [1.807, 2.05) is 23.7 Å². The van der Waals surface area contributed by atoms with Crippen LogP contribution in [0.4, 0.5) is 5.82 Å². The van der Waals surface area contributed by atoms with E-state index in [2.05, 4.69) is 40.1 Å². The maximum Gasteiger partial charge on any atom is 0.125 e. The lowest BCUT2D eigenvalue weighted by atomic mass is 10.1. The van der Waals surface area contributed by atoms with E-state index in [9.17, 15) is 0 Å². The Bertz CT molecular complexity index is 505. The van der Waals surface area contributed by atoms with Crippen molar-refractivity contribution in [2.45, 2.75) is 19.9 Å². The monoisotopic (exact) mass is 279 g/mol. The number of hydrogen-bond donors (Lipinski definition) is 1. The van der Waals surface area contributed by atoms with E-state index in [0.29, 0.717) is 0 Å². The predicted molar refractivity (Wildman–Crippen MR) is 69.3 cm³/mol. The van der Waals surface area contributed by atoms with Crippen LogP contribution >= 0.6 is 15.9 Å². The van der Waals surface area contributed by atoms with Gasteiger partial charge in [-0.15, -0.1) is 0 Å². The van der Waals surface area contributed by atoms with Gasteiger partial charge in [-0.1, -0.05) is 28.1 Å². The summed E-state index contributed by atoms with van der Waals surface area (Å²) in [5.41, 5.74) is 8.17. The van der Waals surface area contributed by atoms with Crippen LogP contribution in [0.25, 0.3) is 0 Å². The lowest BCUT2D eigenvalue weighted by Crippen LogP contribution is -2.11. The van der Waals surface area contributed by atoms with Crippen LogP contribution in [-0.2, 0) is 0 Å². The van der Waals surface area contributed by atoms with Gasteiger partial charge < -0.3 is 5.73 Å². The maximum absolute atomic E-state index is 5.97. The topological polar surface area (TPSA) is 43.8 Å². The van der Waals surface area contributed by atoms with E-state index in [1.165, 1.54) is 5.56 Å². The van der Waals surface area contributed by atoms with Gasteiger partial charge in [0.25, 0.3) is 0 Å². The van der Waals surface area contributed by atoms with Gasteiger partial charge in [-0.05, 0) is 31.5 Å². The van der Waals surface area contributed by atoms with Crippen LogP contribution in [0.15, 0.2) is 34.9 Å². The second-order valence-electron chi connectivity index (χ2n) is 3.89. The number of nitrogen functional groups attached to an aromatic ring is 1. The highest BCUT2D eigenvalue weighted by molar-refractivity contribution is 9.10. The third-order valence-corrected chi connectivity index (χ3v) is 3.22. The molecule has 0 amide bonds. The molecule has 0 aliphatic carbocycles. The normalized spacial score (nSPS) is 12.7. The first kappa shape index (κ1) is 11.2. The molecule has 1 heterocycles. The predicted octanol–water partition coefficient (Wildman–Crippen LogP) is 3.15. The zero-order chi connectivity index (χ0) is 11.7. The molecule has 84 valence electrons. The van der Waals surface area contributed by atoms with Crippen molar-refractivity contribution in [1.82, 2.24) is 9.78 Å². The second-order valence-corrected chi connectivity index (χ2v) is 4.80. The molecule has 1 aromatic heterocycles. The number of nitrogens with zero attached hydrogens (tertiary/aromatic N) is 2. The summed E-state index contributed by atoms with van der Waals surface area (Å²) in [4.78, 5) is 0. The molecule has 0 bridgehead atoms. The summed E-state index contributed by atoms with van der Waals surface area (Å²) in [6.45, 7) is 4.05. The first-order valence-corrected chi connectivity index (χ1v) is 5.94. The van der Waals surface area contributed by atoms with Crippen molar-refractivity contribution in [3.05, 3.63) is 46.1 Å². The van der Waals surface area contributed by atoms with Crippen molar-refractivity contribution in [2.75, 3.05) is 5.73 Å². The summed E-state index contributed by atoms with van der Waals surface area (Å²) >= 11 is 3.47. The Kier molecular flexibility index (Phi) is 3.01. The average molecular weight is 280 g/mol. The van der Waals surface area contributed by atoms with Gasteiger partial charge in [0, 0.05) is 10.0 Å². The number of rotatable bonds is 2. The van der Waals surface area contributed by atoms with Crippen molar-refractivity contribution in [3.8, 4) is 0 Å². The van der Waals surface area contributed by atoms with E-state index >= 15 is 0 Å². The number of anilines is 1. The Morgan fingerprint density at radius 2 is 2.19 bits per heavy atom. The summed E-state index contributed by atoms with van der Waals surface area (Å²) in [5.74, 6) is 0.729. The number of aryl methyl sites for hydroxylation is 1. The standard InChI is InChI=1S/C12H14BrN3/c1-8-7-15-16(12(8)14)9(2)10-4-3-5-11(13)6-10/h3-7,9H,14H2,1-2H3. The van der Waals surface area contributed by atoms with Crippen LogP contribution in [0, 0.1) is 6.92 Å². The third-order valence-electron chi connectivity index (χ3n) is 2.72. The molecular weight excluding hydrogens is 266 g/mol. The Balaban J connectivity index is 2.39. The minimum atomic E-state index is 0.145. The molecule has 0 radical (unpaired) electrons. The van der Waals surface area contributed by atoms with Gasteiger partial charge in [-0.2, -0.15) is 5.10 Å². The average Bonchev–Trinajstić information content (AvgIpc) is 2.59. The van der Waals surface area contributed by atoms with Gasteiger partial charge in [0.05, 0.1) is 12.2 Å². The van der Waals surface area contributed by atoms with E-state index in [1.54, 1.807) is 6.20 Å². The molecule has 0 saturated carbocycles. The van der Waals surface area contributed by atoms with Crippen LogP contribution < -0.4 is 5.73 Å². The zero-order valence-corrected chi connectivity index (χ0v) is 10.9. The van der Waals surface area contributed by atoms with Gasteiger partial charge in [0.2, 0.25) is 0 Å². The lowest BCUT2D eigenvalue weighted by Gasteiger charge is -2.14. The van der Waals surface area contributed by atoms with Gasteiger partial charge in [-0.3, -0.25) is 0 Å². The number of hydrogen-bond acceptors (Lipinski definition) is 2. The molecule has 16 heavy (non-hydrogen) atoms. The van der Waals surface area contributed by atoms with E-state index in [0.717, 1.165) is 15.9 Å². The summed E-state index contributed by atoms with van der Waals surface area (Å²) in [6.07, 6.45) is 1.80. The van der Waals surface area contributed by atoms with E-state index < -0.39 is 0 Å². The van der Waals surface area contributed by atoms with E-state index in [4.69, 9.17) is 5.73 Å². The number of halogens is 1. The number of nitrogens with two attached hydrogens (primary N) is 1. The molecule has 1 unspecified atom stereocenters. The second kappa shape index (κ2) is 4.29. The van der Waals surface area contributed by atoms with Gasteiger partial charge in [0.15, 0.2) is 0 Å². The fourth-order valence-corrected chi connectivity index (χ4v) is 2.09. The molecule has 0 spiro atoms. The molecule has 1 atom stereocenters. The molecule has 3 nitrogen and oxygen atoms in total. The van der Waals surface area contributed by atoms with Crippen molar-refractivity contribution in [2.24, 2.45) is 0 Å². The Morgan fingerprint density at radius 3 is 2.75 bits per heavy atom. The smallest absolute Gasteiger partial charge is 0.125 e. The largest absolute Gasteiger partial charge is 0.384 e. The van der Waals surface area contributed by atoms with Gasteiger partial charge in [0.1, 0.15) is 5.82 Å². The van der Waals surface area contributed by atoms with Crippen molar-refractivity contribution in [3.63, 3.8) is 0 Å². The maximum atomic E-state index is 5.97. The van der Waals surface area contributed by atoms with Crippen LogP contribution in [0.2, 0.25) is 0 Å². The number of benzene rings is 1. The summed E-state index contributed by atoms with van der Waals surface area (Å²) in [7, 11) is 0. The van der Waals surface area contributed by atoms with Crippen molar-refractivity contribution >= 4 is 21.7 Å². The Hall–Kier alpha value is -1.29. The van der Waals surface area contributed by atoms with E-state index in [-0.39, 0.29) is 6.04 Å². The number of aromatic nitrogens is 2. The molecule has 0 fully saturated rings.